The number of benzene rings is 2. The van der Waals surface area contributed by atoms with E-state index in [-0.39, 0.29) is 32.2 Å². The van der Waals surface area contributed by atoms with Crippen LogP contribution in [0, 0.1) is 17.8 Å². The fraction of sp³-hybridized carbons (Fsp3) is 0.679. The molecule has 72 heavy (non-hydrogen) atoms. The first-order valence-electron chi connectivity index (χ1n) is 24.7. The number of esters is 3. The van der Waals surface area contributed by atoms with Crippen LogP contribution >= 0.6 is 0 Å². The molecule has 3 fully saturated rings. The van der Waals surface area contributed by atoms with E-state index < -0.39 is 132 Å². The van der Waals surface area contributed by atoms with Crippen molar-refractivity contribution in [2.45, 2.75) is 184 Å². The summed E-state index contributed by atoms with van der Waals surface area (Å²) in [5, 5.41) is 25.3. The molecule has 3 saturated heterocycles. The molecule has 402 valence electrons. The summed E-state index contributed by atoms with van der Waals surface area (Å²) in [5.74, 6) is -5.13. The number of aliphatic hydroxyl groups excluding tert-OH is 1. The molecule has 0 amide bonds. The Balaban J connectivity index is 1.64. The van der Waals surface area contributed by atoms with Crippen molar-refractivity contribution in [1.82, 2.24) is 4.90 Å². The minimum atomic E-state index is -2.12. The highest BCUT2D eigenvalue weighted by Gasteiger charge is 2.56. The number of carbonyl (C=O) groups excluding carboxylic acids is 5. The Kier molecular flexibility index (Phi) is 20.3. The van der Waals surface area contributed by atoms with Gasteiger partial charge in [0.05, 0.1) is 47.2 Å². The number of likely N-dealkylation sites (N-methyl/N-ethyl adjacent to an activating group) is 1. The summed E-state index contributed by atoms with van der Waals surface area (Å²) in [5.41, 5.74) is -4.26. The van der Waals surface area contributed by atoms with Gasteiger partial charge in [0.2, 0.25) is 0 Å². The molecule has 19 atom stereocenters. The van der Waals surface area contributed by atoms with Crippen LogP contribution in [0.15, 0.2) is 60.7 Å². The average Bonchev–Trinajstić information content (AvgIpc) is 3.35. The maximum absolute atomic E-state index is 15.0. The largest absolute Gasteiger partial charge is 0.464 e. The van der Waals surface area contributed by atoms with Crippen molar-refractivity contribution in [3.63, 3.8) is 0 Å². The van der Waals surface area contributed by atoms with Crippen molar-refractivity contribution in [2.75, 3.05) is 28.3 Å². The number of hydrogen-bond acceptors (Lipinski definition) is 19. The molecule has 2 aromatic carbocycles. The number of hydrogen-bond donors (Lipinski definition) is 2. The van der Waals surface area contributed by atoms with Gasteiger partial charge in [-0.05, 0) is 98.2 Å². The first-order valence-corrected chi connectivity index (χ1v) is 24.7. The number of aliphatic hydroxyl groups is 2. The zero-order valence-corrected chi connectivity index (χ0v) is 43.9. The van der Waals surface area contributed by atoms with Gasteiger partial charge in [0.15, 0.2) is 30.9 Å². The van der Waals surface area contributed by atoms with Crippen LogP contribution in [0.3, 0.4) is 0 Å². The number of methoxy groups -OCH3 is 2. The molecule has 0 bridgehead atoms. The molecule has 3 aliphatic rings. The van der Waals surface area contributed by atoms with E-state index in [2.05, 4.69) is 0 Å². The molecule has 5 rings (SSSR count). The predicted octanol–water partition coefficient (Wildman–Crippen LogP) is 5.05. The first-order chi connectivity index (χ1) is 34.0. The number of nitrogens with zero attached hydrogens (tertiary/aromatic N) is 1. The van der Waals surface area contributed by atoms with Gasteiger partial charge in [-0.15, -0.1) is 0 Å². The maximum Gasteiger partial charge on any atom is 0.338 e. The standard InChI is InChI=1S/C53H77NO18/c1-14-38-53(9,61)45(65-29-56)33(5)41(64-28-55)30(2)26-51(7,62-12)44(72-50-42(37(54(10)11)25-31(3)66-50)70-47(58)35-21-17-15-18-22-35)32(4)40(57)43(49(60)68-38)69-39-27-52(8,63-13)46(34(6)67-39)71-48(59)36-23-19-16-20-24-36/h15-24,28-34,37-46,50,57,61H,14,25-27H2,1-13H3/t30-,31-,32+,33+,34+,37+,38-,39?,40+,41+,42-,43-,44-,45-,46+,50?,51-,52-,53-/m1/s1. The van der Waals surface area contributed by atoms with E-state index in [1.165, 1.54) is 21.1 Å². The van der Waals surface area contributed by atoms with Gasteiger partial charge < -0.3 is 67.2 Å². The van der Waals surface area contributed by atoms with Gasteiger partial charge in [-0.25, -0.2) is 14.4 Å². The summed E-state index contributed by atoms with van der Waals surface area (Å²) in [6.07, 6.45) is -14.5. The molecule has 2 unspecified atom stereocenters. The second kappa shape index (κ2) is 25.1. The first kappa shape index (κ1) is 58.3. The predicted molar refractivity (Wildman–Crippen MR) is 258 cm³/mol. The molecule has 0 radical (unpaired) electrons. The Morgan fingerprint density at radius 1 is 0.750 bits per heavy atom. The van der Waals surface area contributed by atoms with Crippen LogP contribution in [-0.4, -0.2) is 171 Å². The third kappa shape index (κ3) is 13.2. The SMILES string of the molecule is CC[C@H]1OC(=O)[C@H](OC2C[C@@](C)(OC)[C@@H](OC(=O)c3ccccc3)[C@H](C)O2)[C@@H](O)[C@H](C)[C@@H](OC2O[C@H](C)C[C@H](N(C)C)[C@H]2OC(=O)c2ccccc2)[C@](C)(OC)C[C@@H](C)[C@H](OC=O)[C@H](C)[C@@H](OC=O)[C@]1(C)O. The topological polar surface area (TPSA) is 231 Å². The normalized spacial score (nSPS) is 39.1. The summed E-state index contributed by atoms with van der Waals surface area (Å²) in [4.78, 5) is 68.5. The van der Waals surface area contributed by atoms with Crippen LogP contribution in [0.5, 0.6) is 0 Å². The quantitative estimate of drug-likeness (QED) is 0.127. The van der Waals surface area contributed by atoms with Crippen molar-refractivity contribution >= 4 is 30.9 Å². The summed E-state index contributed by atoms with van der Waals surface area (Å²) in [6.45, 7) is 15.4. The zero-order valence-electron chi connectivity index (χ0n) is 43.9. The molecule has 2 N–H and O–H groups in total. The van der Waals surface area contributed by atoms with E-state index in [0.29, 0.717) is 17.5 Å². The summed E-state index contributed by atoms with van der Waals surface area (Å²) in [6, 6.07) is 16.5. The van der Waals surface area contributed by atoms with Crippen LogP contribution in [0.1, 0.15) is 109 Å². The molecule has 3 aliphatic heterocycles. The lowest BCUT2D eigenvalue weighted by Gasteiger charge is -2.50. The Bertz CT molecular complexity index is 2080. The average molecular weight is 1020 g/mol. The fourth-order valence-corrected chi connectivity index (χ4v) is 10.9. The number of ether oxygens (including phenoxy) is 11. The highest BCUT2D eigenvalue weighted by atomic mass is 16.7. The highest BCUT2D eigenvalue weighted by Crippen LogP contribution is 2.43. The Morgan fingerprint density at radius 3 is 1.83 bits per heavy atom. The van der Waals surface area contributed by atoms with Crippen molar-refractivity contribution in [3.8, 4) is 0 Å². The molecule has 0 aromatic heterocycles. The Morgan fingerprint density at radius 2 is 1.31 bits per heavy atom. The van der Waals surface area contributed by atoms with Gasteiger partial charge in [-0.2, -0.15) is 0 Å². The van der Waals surface area contributed by atoms with Gasteiger partial charge in [0.25, 0.3) is 12.9 Å². The van der Waals surface area contributed by atoms with E-state index in [0.717, 1.165) is 0 Å². The fourth-order valence-electron chi connectivity index (χ4n) is 10.9. The van der Waals surface area contributed by atoms with Crippen LogP contribution < -0.4 is 0 Å². The second-order valence-corrected chi connectivity index (χ2v) is 20.4. The van der Waals surface area contributed by atoms with Gasteiger partial charge in [0.1, 0.15) is 29.5 Å². The smallest absolute Gasteiger partial charge is 0.338 e. The molecule has 19 heteroatoms. The van der Waals surface area contributed by atoms with Gasteiger partial charge in [0, 0.05) is 32.5 Å². The third-order valence-corrected chi connectivity index (χ3v) is 14.9. The van der Waals surface area contributed by atoms with E-state index in [4.69, 9.17) is 52.1 Å². The van der Waals surface area contributed by atoms with Crippen molar-refractivity contribution in [3.05, 3.63) is 71.8 Å². The molecule has 3 heterocycles. The molecule has 0 saturated carbocycles. The van der Waals surface area contributed by atoms with E-state index in [1.807, 2.05) is 25.9 Å². The van der Waals surface area contributed by atoms with Crippen LogP contribution in [0.2, 0.25) is 0 Å². The van der Waals surface area contributed by atoms with Crippen LogP contribution in [-0.2, 0) is 66.5 Å². The molecule has 19 nitrogen and oxygen atoms in total. The Labute approximate surface area is 423 Å². The van der Waals surface area contributed by atoms with Crippen LogP contribution in [0.25, 0.3) is 0 Å². The summed E-state index contributed by atoms with van der Waals surface area (Å²) >= 11 is 0. The molecular formula is C53H77NO18. The van der Waals surface area contributed by atoms with Crippen LogP contribution in [0.4, 0.5) is 0 Å². The number of rotatable bonds is 16. The maximum atomic E-state index is 15.0. The second-order valence-electron chi connectivity index (χ2n) is 20.4. The molecule has 0 aliphatic carbocycles. The van der Waals surface area contributed by atoms with Crippen molar-refractivity contribution in [2.24, 2.45) is 17.8 Å². The lowest BCUT2D eigenvalue weighted by molar-refractivity contribution is -0.312. The zero-order chi connectivity index (χ0) is 53.3. The minimum absolute atomic E-state index is 0.0174. The van der Waals surface area contributed by atoms with E-state index >= 15 is 0 Å². The third-order valence-electron chi connectivity index (χ3n) is 14.9. The van der Waals surface area contributed by atoms with Gasteiger partial charge in [-0.3, -0.25) is 9.59 Å². The van der Waals surface area contributed by atoms with Gasteiger partial charge in [-0.1, -0.05) is 64.1 Å². The lowest BCUT2D eigenvalue weighted by atomic mass is 9.73. The molecule has 0 spiro atoms. The molecule has 2 aromatic rings. The highest BCUT2D eigenvalue weighted by molar-refractivity contribution is 5.90. The van der Waals surface area contributed by atoms with E-state index in [9.17, 15) is 34.2 Å². The van der Waals surface area contributed by atoms with Gasteiger partial charge >= 0.3 is 17.9 Å². The number of cyclic esters (lactones) is 1. The van der Waals surface area contributed by atoms with Crippen molar-refractivity contribution < 1.29 is 86.3 Å². The lowest BCUT2D eigenvalue weighted by Crippen LogP contribution is -2.63. The summed E-state index contributed by atoms with van der Waals surface area (Å²) < 4.78 is 68.6. The summed E-state index contributed by atoms with van der Waals surface area (Å²) in [7, 11) is 6.57. The molecular weight excluding hydrogens is 939 g/mol. The monoisotopic (exact) mass is 1020 g/mol. The number of carbonyl (C=O) groups is 5. The Hall–Kier alpha value is -4.57. The minimum Gasteiger partial charge on any atom is -0.464 e. The van der Waals surface area contributed by atoms with Crippen molar-refractivity contribution in [1.29, 1.82) is 0 Å². The van der Waals surface area contributed by atoms with E-state index in [1.54, 1.807) is 109 Å².